The Balaban J connectivity index is 2.01. The SMILES string of the molecule is CCOP(=O)(SCCc1ccccc1)c1ccccc1. The second-order valence-electron chi connectivity index (χ2n) is 4.32. The summed E-state index contributed by atoms with van der Waals surface area (Å²) in [5.41, 5.74) is 1.26. The molecule has 0 bridgehead atoms. The summed E-state index contributed by atoms with van der Waals surface area (Å²) < 4.78 is 18.5. The molecule has 0 aliphatic rings. The summed E-state index contributed by atoms with van der Waals surface area (Å²) in [6.07, 6.45) is 0.898. The van der Waals surface area contributed by atoms with Gasteiger partial charge in [-0.15, -0.1) is 0 Å². The molecule has 2 aromatic carbocycles. The molecule has 0 heterocycles. The van der Waals surface area contributed by atoms with Crippen LogP contribution in [0, 0.1) is 0 Å². The van der Waals surface area contributed by atoms with Gasteiger partial charge < -0.3 is 4.52 Å². The molecule has 0 N–H and O–H groups in total. The highest BCUT2D eigenvalue weighted by Gasteiger charge is 2.25. The lowest BCUT2D eigenvalue weighted by molar-refractivity contribution is 0.353. The number of hydrogen-bond donors (Lipinski definition) is 0. The van der Waals surface area contributed by atoms with Crippen molar-refractivity contribution in [2.24, 2.45) is 0 Å². The van der Waals surface area contributed by atoms with Gasteiger partial charge in [-0.2, -0.15) is 0 Å². The van der Waals surface area contributed by atoms with E-state index in [1.54, 1.807) is 0 Å². The van der Waals surface area contributed by atoms with Crippen LogP contribution in [0.4, 0.5) is 0 Å². The maximum Gasteiger partial charge on any atom is 0.287 e. The Hall–Kier alpha value is -1.02. The molecule has 0 saturated carbocycles. The maximum absolute atomic E-state index is 12.9. The van der Waals surface area contributed by atoms with Crippen molar-refractivity contribution in [1.82, 2.24) is 0 Å². The first-order chi connectivity index (χ1) is 9.74. The van der Waals surface area contributed by atoms with Crippen LogP contribution in [0.15, 0.2) is 60.7 Å². The van der Waals surface area contributed by atoms with Crippen molar-refractivity contribution in [3.05, 3.63) is 66.2 Å². The minimum absolute atomic E-state index is 0.463. The van der Waals surface area contributed by atoms with Gasteiger partial charge in [0.1, 0.15) is 0 Å². The molecule has 0 fully saturated rings. The van der Waals surface area contributed by atoms with Gasteiger partial charge >= 0.3 is 0 Å². The lowest BCUT2D eigenvalue weighted by Crippen LogP contribution is -2.05. The maximum atomic E-state index is 12.9. The lowest BCUT2D eigenvalue weighted by Gasteiger charge is -2.17. The van der Waals surface area contributed by atoms with Crippen LogP contribution in [-0.4, -0.2) is 12.4 Å². The molecule has 1 unspecified atom stereocenters. The van der Waals surface area contributed by atoms with Crippen LogP contribution >= 0.6 is 18.0 Å². The zero-order valence-corrected chi connectivity index (χ0v) is 13.3. The average molecular weight is 306 g/mol. The van der Waals surface area contributed by atoms with Crippen LogP contribution in [-0.2, 0) is 15.5 Å². The summed E-state index contributed by atoms with van der Waals surface area (Å²) in [6, 6.07) is 19.7. The van der Waals surface area contributed by atoms with Crippen LogP contribution in [0.3, 0.4) is 0 Å². The first kappa shape index (κ1) is 15.4. The van der Waals surface area contributed by atoms with E-state index in [4.69, 9.17) is 4.52 Å². The quantitative estimate of drug-likeness (QED) is 0.704. The third-order valence-corrected chi connectivity index (χ3v) is 7.64. The smallest absolute Gasteiger partial charge is 0.287 e. The van der Waals surface area contributed by atoms with Crippen molar-refractivity contribution >= 4 is 23.3 Å². The number of hydrogen-bond acceptors (Lipinski definition) is 3. The monoisotopic (exact) mass is 306 g/mol. The largest absolute Gasteiger partial charge is 0.318 e. The highest BCUT2D eigenvalue weighted by Crippen LogP contribution is 2.58. The fraction of sp³-hybridized carbons (Fsp3) is 0.250. The molecule has 1 atom stereocenters. The Labute approximate surface area is 124 Å². The number of rotatable bonds is 7. The minimum Gasteiger partial charge on any atom is -0.318 e. The van der Waals surface area contributed by atoms with Gasteiger partial charge in [0.15, 0.2) is 0 Å². The third kappa shape index (κ3) is 4.24. The summed E-state index contributed by atoms with van der Waals surface area (Å²) >= 11 is 1.43. The highest BCUT2D eigenvalue weighted by molar-refractivity contribution is 8.58. The van der Waals surface area contributed by atoms with E-state index in [1.165, 1.54) is 16.9 Å². The third-order valence-electron chi connectivity index (χ3n) is 2.87. The van der Waals surface area contributed by atoms with Crippen molar-refractivity contribution in [2.75, 3.05) is 12.4 Å². The van der Waals surface area contributed by atoms with Crippen LogP contribution in [0.2, 0.25) is 0 Å². The van der Waals surface area contributed by atoms with Gasteiger partial charge in [-0.25, -0.2) is 0 Å². The Bertz CT molecular complexity index is 557. The molecular weight excluding hydrogens is 287 g/mol. The first-order valence-corrected chi connectivity index (χ1v) is 9.95. The summed E-state index contributed by atoms with van der Waals surface area (Å²) in [4.78, 5) is 0. The zero-order chi connectivity index (χ0) is 14.3. The van der Waals surface area contributed by atoms with E-state index in [9.17, 15) is 4.57 Å². The molecule has 0 saturated heterocycles. The van der Waals surface area contributed by atoms with Gasteiger partial charge in [-0.05, 0) is 31.0 Å². The summed E-state index contributed by atoms with van der Waals surface area (Å²) in [5.74, 6) is 0.788. The molecule has 2 aromatic rings. The van der Waals surface area contributed by atoms with Gasteiger partial charge in [0.2, 0.25) is 0 Å². The van der Waals surface area contributed by atoms with Crippen molar-refractivity contribution in [3.8, 4) is 0 Å². The second kappa shape index (κ2) is 7.68. The number of aryl methyl sites for hydroxylation is 1. The van der Waals surface area contributed by atoms with Gasteiger partial charge in [-0.3, -0.25) is 4.57 Å². The lowest BCUT2D eigenvalue weighted by atomic mass is 10.2. The molecule has 20 heavy (non-hydrogen) atoms. The minimum atomic E-state index is -2.79. The van der Waals surface area contributed by atoms with Gasteiger partial charge in [0.25, 0.3) is 6.57 Å². The van der Waals surface area contributed by atoms with E-state index in [0.29, 0.717) is 6.61 Å². The van der Waals surface area contributed by atoms with Crippen LogP contribution < -0.4 is 5.30 Å². The van der Waals surface area contributed by atoms with E-state index in [2.05, 4.69) is 12.1 Å². The Morgan fingerprint density at radius 2 is 1.60 bits per heavy atom. The van der Waals surface area contributed by atoms with E-state index in [1.807, 2.05) is 55.5 Å². The van der Waals surface area contributed by atoms with E-state index < -0.39 is 6.57 Å². The van der Waals surface area contributed by atoms with E-state index in [0.717, 1.165) is 17.5 Å². The second-order valence-corrected chi connectivity index (χ2v) is 8.97. The predicted molar refractivity (Wildman–Crippen MR) is 87.9 cm³/mol. The summed E-state index contributed by atoms with van der Waals surface area (Å²) in [6.45, 7) is -0.447. The van der Waals surface area contributed by atoms with E-state index in [-0.39, 0.29) is 0 Å². The fourth-order valence-corrected chi connectivity index (χ4v) is 6.06. The van der Waals surface area contributed by atoms with Crippen molar-refractivity contribution in [3.63, 3.8) is 0 Å². The van der Waals surface area contributed by atoms with E-state index >= 15 is 0 Å². The Kier molecular flexibility index (Phi) is 5.90. The highest BCUT2D eigenvalue weighted by atomic mass is 32.7. The molecule has 0 aromatic heterocycles. The Morgan fingerprint density at radius 3 is 2.20 bits per heavy atom. The molecule has 4 heteroatoms. The molecule has 0 spiro atoms. The molecule has 2 rings (SSSR count). The van der Waals surface area contributed by atoms with Crippen molar-refractivity contribution in [2.45, 2.75) is 13.3 Å². The molecule has 0 radical (unpaired) electrons. The van der Waals surface area contributed by atoms with Crippen LogP contribution in [0.1, 0.15) is 12.5 Å². The zero-order valence-electron chi connectivity index (χ0n) is 11.6. The summed E-state index contributed by atoms with van der Waals surface area (Å²) in [7, 11) is 0. The topological polar surface area (TPSA) is 26.3 Å². The molecule has 0 aliphatic heterocycles. The Morgan fingerprint density at radius 1 is 1.00 bits per heavy atom. The molecule has 106 valence electrons. The fourth-order valence-electron chi connectivity index (χ4n) is 1.90. The van der Waals surface area contributed by atoms with Crippen LogP contribution in [0.25, 0.3) is 0 Å². The average Bonchev–Trinajstić information content (AvgIpc) is 2.49. The van der Waals surface area contributed by atoms with Gasteiger partial charge in [0, 0.05) is 11.1 Å². The van der Waals surface area contributed by atoms with Gasteiger partial charge in [-0.1, -0.05) is 59.9 Å². The molecule has 0 amide bonds. The normalized spacial score (nSPS) is 13.8. The number of benzene rings is 2. The molecular formula is C16H19O2PS. The summed E-state index contributed by atoms with van der Waals surface area (Å²) in [5, 5.41) is 0.792. The predicted octanol–water partition coefficient (Wildman–Crippen LogP) is 4.52. The van der Waals surface area contributed by atoms with Crippen molar-refractivity contribution in [1.29, 1.82) is 0 Å². The van der Waals surface area contributed by atoms with Crippen LogP contribution in [0.5, 0.6) is 0 Å². The molecule has 0 aliphatic carbocycles. The first-order valence-electron chi connectivity index (χ1n) is 6.73. The van der Waals surface area contributed by atoms with Gasteiger partial charge in [0.05, 0.1) is 6.61 Å². The molecule has 2 nitrogen and oxygen atoms in total. The van der Waals surface area contributed by atoms with Crippen molar-refractivity contribution < 1.29 is 9.09 Å². The standard InChI is InChI=1S/C16H19O2PS/c1-2-18-19(17,16-11-7-4-8-12-16)20-14-13-15-9-5-3-6-10-15/h3-12H,2,13-14H2,1H3.